The van der Waals surface area contributed by atoms with Gasteiger partial charge in [-0.2, -0.15) is 0 Å². The number of hydrogen-bond acceptors (Lipinski definition) is 6. The molecule has 3 N–H and O–H groups in total. The first-order valence-electron chi connectivity index (χ1n) is 7.98. The fourth-order valence-electron chi connectivity index (χ4n) is 2.27. The number of hydrogen-bond donors (Lipinski definition) is 3. The summed E-state index contributed by atoms with van der Waals surface area (Å²) in [5, 5.41) is 20.6. The second-order valence-electron chi connectivity index (χ2n) is 5.59. The Morgan fingerprint density at radius 3 is 2.57 bits per heavy atom. The summed E-state index contributed by atoms with van der Waals surface area (Å²) in [5.41, 5.74) is 1.34. The molecule has 0 bridgehead atoms. The minimum Gasteiger partial charge on any atom is -0.482 e. The zero-order chi connectivity index (χ0) is 20.1. The lowest BCUT2D eigenvalue weighted by molar-refractivity contribution is -0.139. The second-order valence-corrected chi connectivity index (χ2v) is 6.62. The standard InChI is InChI=1S/C19H14N2O6S/c22-16(23)10-27-14-3-1-2-11(8-14)9-15-17(24)21-19(28-15)20-13-6-4-12(5-7-13)18(25)26/h1-9H,10H2,(H,22,23)(H,25,26)(H,20,21,24)/b15-9-. The zero-order valence-corrected chi connectivity index (χ0v) is 15.1. The Hall–Kier alpha value is -3.59. The fourth-order valence-corrected chi connectivity index (χ4v) is 3.11. The smallest absolute Gasteiger partial charge is 0.341 e. The minimum absolute atomic E-state index is 0.151. The van der Waals surface area contributed by atoms with Gasteiger partial charge in [0.25, 0.3) is 5.91 Å². The number of amidine groups is 1. The number of ether oxygens (including phenoxy) is 1. The molecule has 0 saturated carbocycles. The van der Waals surface area contributed by atoms with Gasteiger partial charge in [-0.05, 0) is 59.8 Å². The number of benzene rings is 2. The van der Waals surface area contributed by atoms with Gasteiger partial charge < -0.3 is 20.3 Å². The first-order chi connectivity index (χ1) is 13.4. The zero-order valence-electron chi connectivity index (χ0n) is 14.3. The molecule has 0 spiro atoms. The van der Waals surface area contributed by atoms with Crippen molar-refractivity contribution in [2.45, 2.75) is 0 Å². The van der Waals surface area contributed by atoms with E-state index in [-0.39, 0.29) is 11.5 Å². The molecule has 2 aromatic carbocycles. The Kier molecular flexibility index (Phi) is 5.75. The van der Waals surface area contributed by atoms with Crippen LogP contribution in [-0.2, 0) is 9.59 Å². The number of aromatic carboxylic acids is 1. The number of thioether (sulfide) groups is 1. The van der Waals surface area contributed by atoms with Crippen LogP contribution in [0.5, 0.6) is 5.75 Å². The van der Waals surface area contributed by atoms with Crippen molar-refractivity contribution < 1.29 is 29.3 Å². The largest absolute Gasteiger partial charge is 0.482 e. The summed E-state index contributed by atoms with van der Waals surface area (Å²) >= 11 is 1.14. The molecule has 2 aromatic rings. The lowest BCUT2D eigenvalue weighted by Gasteiger charge is -2.03. The van der Waals surface area contributed by atoms with Crippen LogP contribution in [0.1, 0.15) is 15.9 Å². The topological polar surface area (TPSA) is 125 Å². The van der Waals surface area contributed by atoms with Gasteiger partial charge in [-0.1, -0.05) is 12.1 Å². The number of aliphatic carboxylic acids is 1. The summed E-state index contributed by atoms with van der Waals surface area (Å²) < 4.78 is 5.12. The number of rotatable bonds is 6. The second kappa shape index (κ2) is 8.40. The lowest BCUT2D eigenvalue weighted by atomic mass is 10.2. The Morgan fingerprint density at radius 1 is 1.14 bits per heavy atom. The molecule has 0 radical (unpaired) electrons. The summed E-state index contributed by atoms with van der Waals surface area (Å²) in [6.07, 6.45) is 1.64. The minimum atomic E-state index is -1.08. The van der Waals surface area contributed by atoms with E-state index in [1.54, 1.807) is 42.5 Å². The lowest BCUT2D eigenvalue weighted by Crippen LogP contribution is -2.19. The maximum Gasteiger partial charge on any atom is 0.341 e. The SMILES string of the molecule is O=C(O)COc1cccc(/C=C2\SC(=Nc3ccc(C(=O)O)cc3)NC2=O)c1. The fraction of sp³-hybridized carbons (Fsp3) is 0.0526. The molecule has 1 heterocycles. The molecule has 1 fully saturated rings. The van der Waals surface area contributed by atoms with Crippen molar-refractivity contribution in [1.82, 2.24) is 5.32 Å². The molecular formula is C19H14N2O6S. The van der Waals surface area contributed by atoms with Crippen molar-refractivity contribution >= 4 is 46.5 Å². The average molecular weight is 398 g/mol. The Labute approximate surface area is 163 Å². The monoisotopic (exact) mass is 398 g/mol. The van der Waals surface area contributed by atoms with Crippen molar-refractivity contribution in [3.8, 4) is 5.75 Å². The van der Waals surface area contributed by atoms with Gasteiger partial charge in [0, 0.05) is 0 Å². The van der Waals surface area contributed by atoms with Crippen LogP contribution in [0.2, 0.25) is 0 Å². The van der Waals surface area contributed by atoms with Crippen molar-refractivity contribution in [3.05, 3.63) is 64.6 Å². The van der Waals surface area contributed by atoms with E-state index in [1.807, 2.05) is 0 Å². The molecule has 142 valence electrons. The summed E-state index contributed by atoms with van der Waals surface area (Å²) in [6, 6.07) is 12.7. The summed E-state index contributed by atoms with van der Waals surface area (Å²) in [7, 11) is 0. The highest BCUT2D eigenvalue weighted by molar-refractivity contribution is 8.18. The van der Waals surface area contributed by atoms with Crippen LogP contribution >= 0.6 is 11.8 Å². The summed E-state index contributed by atoms with van der Waals surface area (Å²) in [4.78, 5) is 38.3. The predicted molar refractivity (Wildman–Crippen MR) is 104 cm³/mol. The highest BCUT2D eigenvalue weighted by Gasteiger charge is 2.23. The van der Waals surface area contributed by atoms with Gasteiger partial charge in [0.15, 0.2) is 11.8 Å². The Balaban J connectivity index is 1.74. The molecule has 0 aliphatic carbocycles. The van der Waals surface area contributed by atoms with Crippen molar-refractivity contribution in [2.24, 2.45) is 4.99 Å². The van der Waals surface area contributed by atoms with E-state index in [4.69, 9.17) is 14.9 Å². The van der Waals surface area contributed by atoms with Crippen molar-refractivity contribution in [2.75, 3.05) is 6.61 Å². The maximum atomic E-state index is 12.2. The number of carbonyl (C=O) groups is 3. The van der Waals surface area contributed by atoms with Crippen molar-refractivity contribution in [1.29, 1.82) is 0 Å². The molecule has 3 rings (SSSR count). The molecule has 1 amide bonds. The highest BCUT2D eigenvalue weighted by atomic mass is 32.2. The number of carboxylic acid groups (broad SMARTS) is 2. The number of nitrogens with zero attached hydrogens (tertiary/aromatic N) is 1. The Morgan fingerprint density at radius 2 is 1.89 bits per heavy atom. The van der Waals surface area contributed by atoms with E-state index in [1.165, 1.54) is 12.1 Å². The molecule has 9 heteroatoms. The van der Waals surface area contributed by atoms with Gasteiger partial charge in [-0.25, -0.2) is 14.6 Å². The van der Waals surface area contributed by atoms with Crippen LogP contribution in [0.4, 0.5) is 5.69 Å². The van der Waals surface area contributed by atoms with E-state index in [0.29, 0.717) is 27.1 Å². The number of amides is 1. The molecule has 1 aliphatic heterocycles. The van der Waals surface area contributed by atoms with Gasteiger partial charge in [0.1, 0.15) is 5.75 Å². The first kappa shape index (κ1) is 19.2. The van der Waals surface area contributed by atoms with Crippen LogP contribution in [0, 0.1) is 0 Å². The van der Waals surface area contributed by atoms with Crippen LogP contribution in [0.3, 0.4) is 0 Å². The van der Waals surface area contributed by atoms with Crippen LogP contribution in [0.25, 0.3) is 6.08 Å². The van der Waals surface area contributed by atoms with Crippen LogP contribution in [-0.4, -0.2) is 39.8 Å². The van der Waals surface area contributed by atoms with Gasteiger partial charge in [-0.3, -0.25) is 4.79 Å². The maximum absolute atomic E-state index is 12.2. The van der Waals surface area contributed by atoms with Crippen molar-refractivity contribution in [3.63, 3.8) is 0 Å². The quantitative estimate of drug-likeness (QED) is 0.639. The molecule has 0 atom stereocenters. The highest BCUT2D eigenvalue weighted by Crippen LogP contribution is 2.28. The molecule has 8 nitrogen and oxygen atoms in total. The third-order valence-electron chi connectivity index (χ3n) is 3.51. The van der Waals surface area contributed by atoms with E-state index in [2.05, 4.69) is 10.3 Å². The number of carbonyl (C=O) groups excluding carboxylic acids is 1. The first-order valence-corrected chi connectivity index (χ1v) is 8.80. The number of carboxylic acids is 2. The number of aliphatic imine (C=N–C) groups is 1. The Bertz CT molecular complexity index is 998. The normalized spacial score (nSPS) is 16.2. The van der Waals surface area contributed by atoms with E-state index in [9.17, 15) is 14.4 Å². The van der Waals surface area contributed by atoms with Gasteiger partial charge in [0.2, 0.25) is 0 Å². The molecule has 28 heavy (non-hydrogen) atoms. The van der Waals surface area contributed by atoms with E-state index in [0.717, 1.165) is 11.8 Å². The third kappa shape index (κ3) is 4.98. The predicted octanol–water partition coefficient (Wildman–Crippen LogP) is 2.74. The molecule has 0 unspecified atom stereocenters. The third-order valence-corrected chi connectivity index (χ3v) is 4.42. The number of nitrogens with one attached hydrogen (secondary N) is 1. The molecular weight excluding hydrogens is 384 g/mol. The van der Waals surface area contributed by atoms with E-state index < -0.39 is 18.5 Å². The molecule has 1 saturated heterocycles. The van der Waals surface area contributed by atoms with Gasteiger partial charge in [-0.15, -0.1) is 0 Å². The van der Waals surface area contributed by atoms with Crippen LogP contribution in [0.15, 0.2) is 58.4 Å². The summed E-state index contributed by atoms with van der Waals surface area (Å²) in [5.74, 6) is -2.04. The van der Waals surface area contributed by atoms with Crippen LogP contribution < -0.4 is 10.1 Å². The summed E-state index contributed by atoms with van der Waals surface area (Å²) in [6.45, 7) is -0.452. The molecule has 1 aliphatic rings. The van der Waals surface area contributed by atoms with E-state index >= 15 is 0 Å². The molecule has 0 aromatic heterocycles. The average Bonchev–Trinajstić information content (AvgIpc) is 2.99. The van der Waals surface area contributed by atoms with Gasteiger partial charge in [0.05, 0.1) is 16.2 Å². The van der Waals surface area contributed by atoms with Gasteiger partial charge >= 0.3 is 11.9 Å².